The normalized spacial score (nSPS) is 15.4. The summed E-state index contributed by atoms with van der Waals surface area (Å²) in [5.74, 6) is -0.342. The van der Waals surface area contributed by atoms with Crippen LogP contribution >= 0.6 is 36.6 Å². The Kier molecular flexibility index (Phi) is 8.83. The number of piperazine rings is 1. The molecule has 5 rings (SSSR count). The zero-order chi connectivity index (χ0) is 22.9. The molecule has 9 heteroatoms. The summed E-state index contributed by atoms with van der Waals surface area (Å²) < 4.78 is 16.2. The van der Waals surface area contributed by atoms with Crippen molar-refractivity contribution in [2.75, 3.05) is 19.6 Å². The van der Waals surface area contributed by atoms with Crippen molar-refractivity contribution in [1.29, 1.82) is 0 Å². The van der Waals surface area contributed by atoms with Gasteiger partial charge in [0, 0.05) is 42.5 Å². The van der Waals surface area contributed by atoms with Gasteiger partial charge in [0.1, 0.15) is 11.3 Å². The van der Waals surface area contributed by atoms with Crippen LogP contribution in [0.5, 0.6) is 0 Å². The molecule has 3 heterocycles. The predicted octanol–water partition coefficient (Wildman–Crippen LogP) is 5.90. The zero-order valence-electron chi connectivity index (χ0n) is 19.4. The van der Waals surface area contributed by atoms with E-state index >= 15 is 0 Å². The number of para-hydroxylation sites is 1. The molecule has 4 aromatic rings. The summed E-state index contributed by atoms with van der Waals surface area (Å²) in [5, 5.41) is 4.14. The lowest BCUT2D eigenvalue weighted by atomic mass is 10.2. The number of halogens is 3. The standard InChI is InChI=1S/C26H25FN4OS.2ClH/c1-17-10-11-19(27)15-22(17)33-26-23(25(32)30-14-13-28-18(2)16-30)24-21(9-6-12-29-24)31(26)20-7-4-3-5-8-20;;/h3-12,15,18,28H,13-14,16H2,1-2H3;2*1H. The minimum Gasteiger partial charge on any atom is -0.336 e. The van der Waals surface area contributed by atoms with Crippen LogP contribution in [-0.4, -0.2) is 46.0 Å². The van der Waals surface area contributed by atoms with Crippen LogP contribution in [0.1, 0.15) is 22.8 Å². The molecule has 0 spiro atoms. The molecule has 0 bridgehead atoms. The zero-order valence-corrected chi connectivity index (χ0v) is 21.9. The van der Waals surface area contributed by atoms with Crippen molar-refractivity contribution in [2.45, 2.75) is 29.8 Å². The number of rotatable bonds is 4. The highest BCUT2D eigenvalue weighted by atomic mass is 35.5. The summed E-state index contributed by atoms with van der Waals surface area (Å²) in [4.78, 5) is 21.2. The van der Waals surface area contributed by atoms with E-state index in [0.717, 1.165) is 33.2 Å². The molecular weight excluding hydrogens is 506 g/mol. The van der Waals surface area contributed by atoms with Crippen molar-refractivity contribution in [3.05, 3.63) is 83.8 Å². The first kappa shape index (κ1) is 27.0. The van der Waals surface area contributed by atoms with Gasteiger partial charge in [0.05, 0.1) is 16.1 Å². The minimum atomic E-state index is -0.299. The van der Waals surface area contributed by atoms with Crippen LogP contribution in [0.2, 0.25) is 0 Å². The molecule has 0 saturated carbocycles. The van der Waals surface area contributed by atoms with Crippen LogP contribution in [0.25, 0.3) is 16.7 Å². The topological polar surface area (TPSA) is 50.2 Å². The van der Waals surface area contributed by atoms with Gasteiger partial charge >= 0.3 is 0 Å². The van der Waals surface area contributed by atoms with Crippen LogP contribution in [0.4, 0.5) is 4.39 Å². The third kappa shape index (κ3) is 5.33. The van der Waals surface area contributed by atoms with Crippen LogP contribution in [-0.2, 0) is 0 Å². The summed E-state index contributed by atoms with van der Waals surface area (Å²) in [5.41, 5.74) is 3.96. The molecule has 1 aliphatic rings. The average molecular weight is 534 g/mol. The van der Waals surface area contributed by atoms with Crippen LogP contribution in [0, 0.1) is 12.7 Å². The third-order valence-corrected chi connectivity index (χ3v) is 7.16. The van der Waals surface area contributed by atoms with Gasteiger partial charge in [0.2, 0.25) is 0 Å². The average Bonchev–Trinajstić information content (AvgIpc) is 3.15. The number of nitrogens with one attached hydrogen (secondary N) is 1. The van der Waals surface area contributed by atoms with Crippen molar-refractivity contribution < 1.29 is 9.18 Å². The lowest BCUT2D eigenvalue weighted by Crippen LogP contribution is -2.51. The van der Waals surface area contributed by atoms with E-state index in [9.17, 15) is 9.18 Å². The van der Waals surface area contributed by atoms with Gasteiger partial charge in [-0.3, -0.25) is 9.78 Å². The van der Waals surface area contributed by atoms with Gasteiger partial charge in [-0.1, -0.05) is 36.0 Å². The Morgan fingerprint density at radius 3 is 2.63 bits per heavy atom. The fourth-order valence-electron chi connectivity index (χ4n) is 4.28. The molecule has 2 aromatic heterocycles. The number of benzene rings is 2. The summed E-state index contributed by atoms with van der Waals surface area (Å²) in [7, 11) is 0. The summed E-state index contributed by atoms with van der Waals surface area (Å²) >= 11 is 1.42. The molecule has 35 heavy (non-hydrogen) atoms. The second-order valence-electron chi connectivity index (χ2n) is 8.34. The maximum absolute atomic E-state index is 14.2. The molecule has 0 radical (unpaired) electrons. The molecule has 1 saturated heterocycles. The Balaban J connectivity index is 0.00000171. The quantitative estimate of drug-likeness (QED) is 0.355. The van der Waals surface area contributed by atoms with Gasteiger partial charge in [-0.2, -0.15) is 0 Å². The van der Waals surface area contributed by atoms with E-state index in [0.29, 0.717) is 24.2 Å². The number of carbonyl (C=O) groups excluding carboxylic acids is 1. The van der Waals surface area contributed by atoms with Gasteiger partial charge < -0.3 is 14.8 Å². The molecule has 1 N–H and O–H groups in total. The highest BCUT2D eigenvalue weighted by Crippen LogP contribution is 2.40. The van der Waals surface area contributed by atoms with E-state index in [4.69, 9.17) is 0 Å². The monoisotopic (exact) mass is 532 g/mol. The Bertz CT molecular complexity index is 1330. The van der Waals surface area contributed by atoms with Crippen molar-refractivity contribution in [1.82, 2.24) is 19.8 Å². The van der Waals surface area contributed by atoms with Gasteiger partial charge in [0.15, 0.2) is 0 Å². The molecule has 1 atom stereocenters. The van der Waals surface area contributed by atoms with Crippen molar-refractivity contribution >= 4 is 53.5 Å². The molecule has 5 nitrogen and oxygen atoms in total. The number of amides is 1. The van der Waals surface area contributed by atoms with Crippen LogP contribution in [0.15, 0.2) is 76.8 Å². The summed E-state index contributed by atoms with van der Waals surface area (Å²) in [6.45, 7) is 6.05. The Morgan fingerprint density at radius 2 is 1.89 bits per heavy atom. The Labute approximate surface area is 220 Å². The van der Waals surface area contributed by atoms with Crippen molar-refractivity contribution in [3.8, 4) is 5.69 Å². The fraction of sp³-hybridized carbons (Fsp3) is 0.231. The van der Waals surface area contributed by atoms with Gasteiger partial charge in [-0.15, -0.1) is 24.8 Å². The number of hydrogen-bond acceptors (Lipinski definition) is 4. The second kappa shape index (κ2) is 11.4. The minimum absolute atomic E-state index is 0. The molecule has 2 aromatic carbocycles. The first-order valence-corrected chi connectivity index (χ1v) is 11.9. The number of aryl methyl sites for hydroxylation is 1. The Hall–Kier alpha value is -2.58. The maximum atomic E-state index is 14.2. The number of pyridine rings is 1. The lowest BCUT2D eigenvalue weighted by Gasteiger charge is -2.32. The van der Waals surface area contributed by atoms with Gasteiger partial charge in [0.25, 0.3) is 5.91 Å². The molecule has 184 valence electrons. The Morgan fingerprint density at radius 1 is 1.11 bits per heavy atom. The highest BCUT2D eigenvalue weighted by molar-refractivity contribution is 7.99. The molecule has 1 aliphatic heterocycles. The van der Waals surface area contributed by atoms with Gasteiger partial charge in [-0.25, -0.2) is 4.39 Å². The SMILES string of the molecule is Cc1ccc(F)cc1Sc1c(C(=O)N2CCNC(C)C2)c2ncccc2n1-c1ccccc1.Cl.Cl. The van der Waals surface area contributed by atoms with Crippen LogP contribution < -0.4 is 5.32 Å². The van der Waals surface area contributed by atoms with E-state index < -0.39 is 0 Å². The van der Waals surface area contributed by atoms with Crippen molar-refractivity contribution in [2.24, 2.45) is 0 Å². The molecule has 1 unspecified atom stereocenters. The first-order valence-electron chi connectivity index (χ1n) is 11.0. The number of hydrogen-bond donors (Lipinski definition) is 1. The van der Waals surface area contributed by atoms with E-state index in [2.05, 4.69) is 21.8 Å². The predicted molar refractivity (Wildman–Crippen MR) is 144 cm³/mol. The second-order valence-corrected chi connectivity index (χ2v) is 9.37. The molecular formula is C26H27Cl2FN4OS. The number of nitrogens with zero attached hydrogens (tertiary/aromatic N) is 3. The van der Waals surface area contributed by atoms with E-state index in [1.807, 2.05) is 54.3 Å². The first-order chi connectivity index (χ1) is 16.0. The third-order valence-electron chi connectivity index (χ3n) is 5.92. The van der Waals surface area contributed by atoms with Crippen molar-refractivity contribution in [3.63, 3.8) is 0 Å². The molecule has 0 aliphatic carbocycles. The smallest absolute Gasteiger partial charge is 0.258 e. The number of aromatic nitrogens is 2. The molecule has 1 fully saturated rings. The maximum Gasteiger partial charge on any atom is 0.258 e. The number of fused-ring (bicyclic) bond motifs is 1. The lowest BCUT2D eigenvalue weighted by molar-refractivity contribution is 0.0707. The molecule has 1 amide bonds. The van der Waals surface area contributed by atoms with Gasteiger partial charge in [-0.05, 0) is 55.8 Å². The highest BCUT2D eigenvalue weighted by Gasteiger charge is 2.30. The largest absolute Gasteiger partial charge is 0.336 e. The number of carbonyl (C=O) groups is 1. The fourth-order valence-corrected chi connectivity index (χ4v) is 5.47. The van der Waals surface area contributed by atoms with E-state index in [1.54, 1.807) is 12.3 Å². The van der Waals surface area contributed by atoms with E-state index in [-0.39, 0.29) is 42.6 Å². The summed E-state index contributed by atoms with van der Waals surface area (Å²) in [6, 6.07) is 18.8. The van der Waals surface area contributed by atoms with Crippen LogP contribution in [0.3, 0.4) is 0 Å². The summed E-state index contributed by atoms with van der Waals surface area (Å²) in [6.07, 6.45) is 1.72. The van der Waals surface area contributed by atoms with E-state index in [1.165, 1.54) is 23.9 Å².